The predicted octanol–water partition coefficient (Wildman–Crippen LogP) is 3.04. The largest absolute Gasteiger partial charge is 0.325 e. The Morgan fingerprint density at radius 3 is 2.86 bits per heavy atom. The van der Waals surface area contributed by atoms with Crippen molar-refractivity contribution < 1.29 is 14.4 Å². The van der Waals surface area contributed by atoms with Crippen molar-refractivity contribution in [2.45, 2.75) is 63.8 Å². The van der Waals surface area contributed by atoms with Crippen LogP contribution in [0.4, 0.5) is 9.93 Å². The molecule has 1 saturated heterocycles. The third-order valence-electron chi connectivity index (χ3n) is 6.47. The van der Waals surface area contributed by atoms with Gasteiger partial charge in [-0.1, -0.05) is 25.8 Å². The molecule has 156 valence electrons. The van der Waals surface area contributed by atoms with Crippen molar-refractivity contribution in [2.75, 3.05) is 18.0 Å². The Balaban J connectivity index is 1.53. The molecule has 0 aromatic carbocycles. The molecule has 1 aromatic rings. The molecule has 1 aromatic heterocycles. The summed E-state index contributed by atoms with van der Waals surface area (Å²) in [6.45, 7) is 5.80. The number of thiazole rings is 1. The van der Waals surface area contributed by atoms with E-state index in [1.54, 1.807) is 11.0 Å². The average Bonchev–Trinajstić information content (AvgIpc) is 3.23. The Kier molecular flexibility index (Phi) is 5.46. The van der Waals surface area contributed by atoms with Crippen LogP contribution in [-0.4, -0.2) is 46.4 Å². The number of urea groups is 1. The molecule has 1 spiro atoms. The molecule has 1 saturated carbocycles. The highest BCUT2D eigenvalue weighted by Crippen LogP contribution is 2.38. The fourth-order valence-corrected chi connectivity index (χ4v) is 5.90. The number of carbonyl (C=O) groups is 3. The highest BCUT2D eigenvalue weighted by Gasteiger charge is 2.55. The molecule has 4 amide bonds. The van der Waals surface area contributed by atoms with Crippen LogP contribution in [0.25, 0.3) is 0 Å². The number of carbonyl (C=O) groups excluding carboxylic acids is 3. The van der Waals surface area contributed by atoms with Crippen molar-refractivity contribution in [2.24, 2.45) is 5.92 Å². The molecule has 4 rings (SSSR count). The van der Waals surface area contributed by atoms with Gasteiger partial charge in [0.15, 0.2) is 5.13 Å². The van der Waals surface area contributed by atoms with E-state index < -0.39 is 11.6 Å². The summed E-state index contributed by atoms with van der Waals surface area (Å²) in [5, 5.41) is 3.54. The van der Waals surface area contributed by atoms with Crippen LogP contribution in [0.2, 0.25) is 0 Å². The normalized spacial score (nSPS) is 26.4. The summed E-state index contributed by atoms with van der Waals surface area (Å²) in [5.41, 5.74) is 0.224. The molecule has 2 fully saturated rings. The maximum atomic E-state index is 13.2. The molecule has 29 heavy (non-hydrogen) atoms. The molecule has 0 bridgehead atoms. The number of aromatic nitrogens is 1. The second-order valence-electron chi connectivity index (χ2n) is 8.31. The summed E-state index contributed by atoms with van der Waals surface area (Å²) in [6, 6.07) is -0.464. The highest BCUT2D eigenvalue weighted by molar-refractivity contribution is 7.16. The molecule has 7 nitrogen and oxygen atoms in total. The van der Waals surface area contributed by atoms with Crippen LogP contribution in [0.5, 0.6) is 0 Å². The second-order valence-corrected chi connectivity index (χ2v) is 9.37. The summed E-state index contributed by atoms with van der Waals surface area (Å²) in [7, 11) is 0. The van der Waals surface area contributed by atoms with E-state index in [-0.39, 0.29) is 24.3 Å². The van der Waals surface area contributed by atoms with Gasteiger partial charge in [0, 0.05) is 11.4 Å². The van der Waals surface area contributed by atoms with Gasteiger partial charge in [0.2, 0.25) is 5.91 Å². The first kappa shape index (κ1) is 20.1. The van der Waals surface area contributed by atoms with Crippen LogP contribution < -0.4 is 10.2 Å². The number of nitrogens with zero attached hydrogens (tertiary/aromatic N) is 3. The van der Waals surface area contributed by atoms with E-state index in [9.17, 15) is 14.4 Å². The number of hydrogen-bond acceptors (Lipinski definition) is 5. The van der Waals surface area contributed by atoms with E-state index in [1.165, 1.54) is 16.2 Å². The first-order valence-corrected chi connectivity index (χ1v) is 11.3. The van der Waals surface area contributed by atoms with Gasteiger partial charge in [-0.25, -0.2) is 9.78 Å². The fourth-order valence-electron chi connectivity index (χ4n) is 4.73. The summed E-state index contributed by atoms with van der Waals surface area (Å²) < 4.78 is 0. The minimum atomic E-state index is -0.848. The van der Waals surface area contributed by atoms with Gasteiger partial charge in [-0.05, 0) is 44.4 Å². The van der Waals surface area contributed by atoms with Crippen molar-refractivity contribution in [3.05, 3.63) is 23.2 Å². The van der Waals surface area contributed by atoms with Crippen LogP contribution in [-0.2, 0) is 22.4 Å². The smallest absolute Gasteiger partial charge is 0.323 e. The van der Waals surface area contributed by atoms with Gasteiger partial charge >= 0.3 is 6.03 Å². The zero-order valence-corrected chi connectivity index (χ0v) is 17.7. The van der Waals surface area contributed by atoms with Crippen LogP contribution >= 0.6 is 11.3 Å². The number of imide groups is 1. The van der Waals surface area contributed by atoms with E-state index in [2.05, 4.69) is 16.9 Å². The van der Waals surface area contributed by atoms with Crippen LogP contribution in [0.3, 0.4) is 0 Å². The van der Waals surface area contributed by atoms with Crippen molar-refractivity contribution in [1.82, 2.24) is 15.2 Å². The lowest BCUT2D eigenvalue weighted by Gasteiger charge is -2.36. The number of hydrogen-bond donors (Lipinski definition) is 1. The third-order valence-corrected chi connectivity index (χ3v) is 7.65. The number of fused-ring (bicyclic) bond motifs is 1. The minimum Gasteiger partial charge on any atom is -0.323 e. The van der Waals surface area contributed by atoms with Gasteiger partial charge in [0.05, 0.1) is 5.69 Å². The number of amides is 4. The molecule has 2 atom stereocenters. The van der Waals surface area contributed by atoms with Gasteiger partial charge in [-0.2, -0.15) is 0 Å². The molecule has 0 unspecified atom stereocenters. The van der Waals surface area contributed by atoms with E-state index in [1.807, 2.05) is 6.92 Å². The van der Waals surface area contributed by atoms with Crippen molar-refractivity contribution >= 4 is 34.3 Å². The van der Waals surface area contributed by atoms with Crippen LogP contribution in [0, 0.1) is 5.92 Å². The number of nitrogens with one attached hydrogen (secondary N) is 1. The summed E-state index contributed by atoms with van der Waals surface area (Å²) in [6.07, 6.45) is 9.36. The van der Waals surface area contributed by atoms with E-state index >= 15 is 0 Å². The first-order chi connectivity index (χ1) is 14.0. The molecular weight excluding hydrogens is 388 g/mol. The lowest BCUT2D eigenvalue weighted by Crippen LogP contribution is -2.54. The Morgan fingerprint density at radius 1 is 1.34 bits per heavy atom. The molecular formula is C21H28N4O3S. The second kappa shape index (κ2) is 7.89. The van der Waals surface area contributed by atoms with Gasteiger partial charge in [-0.3, -0.25) is 19.4 Å². The Bertz CT molecular complexity index is 827. The molecule has 2 heterocycles. The topological polar surface area (TPSA) is 82.6 Å². The SMILES string of the molecule is C=CCN(C(=O)CN1C(=O)N[C@@]2(CCCC[C@@H]2C)C1=O)c1nc2c(s1)CCCC2. The quantitative estimate of drug-likeness (QED) is 0.591. The standard InChI is InChI=1S/C21H28N4O3S/c1-3-12-24(20-22-15-9-4-5-10-16(15)29-20)17(26)13-25-18(27)21(23-19(25)28)11-7-6-8-14(21)2/h3,14H,1,4-13H2,2H3,(H,23,28)/t14-,21+/m0/s1. The molecule has 1 aliphatic heterocycles. The maximum Gasteiger partial charge on any atom is 0.325 e. The van der Waals surface area contributed by atoms with Gasteiger partial charge in [-0.15, -0.1) is 17.9 Å². The van der Waals surface area contributed by atoms with Crippen molar-refractivity contribution in [3.8, 4) is 0 Å². The van der Waals surface area contributed by atoms with Gasteiger partial charge < -0.3 is 5.32 Å². The van der Waals surface area contributed by atoms with E-state index in [0.717, 1.165) is 55.5 Å². The van der Waals surface area contributed by atoms with Crippen molar-refractivity contribution in [3.63, 3.8) is 0 Å². The monoisotopic (exact) mass is 416 g/mol. The molecule has 8 heteroatoms. The molecule has 1 N–H and O–H groups in total. The molecule has 2 aliphatic carbocycles. The zero-order valence-electron chi connectivity index (χ0n) is 16.9. The Labute approximate surface area is 175 Å². The van der Waals surface area contributed by atoms with Crippen LogP contribution in [0.1, 0.15) is 56.0 Å². The van der Waals surface area contributed by atoms with E-state index in [4.69, 9.17) is 0 Å². The number of rotatable bonds is 5. The van der Waals surface area contributed by atoms with Gasteiger partial charge in [0.1, 0.15) is 12.1 Å². The lowest BCUT2D eigenvalue weighted by atomic mass is 9.73. The fraction of sp³-hybridized carbons (Fsp3) is 0.619. The Hall–Kier alpha value is -2.22. The summed E-state index contributed by atoms with van der Waals surface area (Å²) in [5.74, 6) is -0.497. The molecule has 3 aliphatic rings. The predicted molar refractivity (Wildman–Crippen MR) is 112 cm³/mol. The van der Waals surface area contributed by atoms with Crippen molar-refractivity contribution in [1.29, 1.82) is 0 Å². The summed E-state index contributed by atoms with van der Waals surface area (Å²) in [4.78, 5) is 47.4. The first-order valence-electron chi connectivity index (χ1n) is 10.5. The highest BCUT2D eigenvalue weighted by atomic mass is 32.1. The minimum absolute atomic E-state index is 0.0720. The Morgan fingerprint density at radius 2 is 2.14 bits per heavy atom. The zero-order chi connectivity index (χ0) is 20.6. The number of anilines is 1. The summed E-state index contributed by atoms with van der Waals surface area (Å²) >= 11 is 1.54. The maximum absolute atomic E-state index is 13.2. The van der Waals surface area contributed by atoms with Crippen LogP contribution in [0.15, 0.2) is 12.7 Å². The number of aryl methyl sites for hydroxylation is 2. The lowest BCUT2D eigenvalue weighted by molar-refractivity contribution is -0.136. The van der Waals surface area contributed by atoms with Gasteiger partial charge in [0.25, 0.3) is 5.91 Å². The third kappa shape index (κ3) is 3.47. The average molecular weight is 417 g/mol. The molecule has 0 radical (unpaired) electrons. The van der Waals surface area contributed by atoms with E-state index in [0.29, 0.717) is 18.1 Å².